The van der Waals surface area contributed by atoms with Gasteiger partial charge in [0.15, 0.2) is 18.9 Å². The van der Waals surface area contributed by atoms with Crippen molar-refractivity contribution in [1.82, 2.24) is 0 Å². The zero-order valence-corrected chi connectivity index (χ0v) is 16.6. The second-order valence-corrected chi connectivity index (χ2v) is 7.83. The molecule has 9 N–H and O–H groups in total. The molecule has 1 unspecified atom stereocenters. The number of ether oxygens (including phenoxy) is 5. The summed E-state index contributed by atoms with van der Waals surface area (Å²) < 4.78 is 26.6. The Morgan fingerprint density at radius 1 is 0.581 bits per heavy atom. The van der Waals surface area contributed by atoms with Gasteiger partial charge in [-0.15, -0.1) is 0 Å². The van der Waals surface area contributed by atoms with Crippen LogP contribution in [0.15, 0.2) is 0 Å². The molecule has 31 heavy (non-hydrogen) atoms. The van der Waals surface area contributed by atoms with Crippen molar-refractivity contribution in [2.75, 3.05) is 13.2 Å². The molecule has 14 nitrogen and oxygen atoms in total. The van der Waals surface area contributed by atoms with Gasteiger partial charge in [0.25, 0.3) is 0 Å². The molecule has 3 fully saturated rings. The van der Waals surface area contributed by atoms with Gasteiger partial charge in [-0.25, -0.2) is 0 Å². The van der Waals surface area contributed by atoms with E-state index in [1.807, 2.05) is 0 Å². The summed E-state index contributed by atoms with van der Waals surface area (Å²) in [5, 5.41) is 89.4. The van der Waals surface area contributed by atoms with E-state index in [4.69, 9.17) is 23.7 Å². The molecule has 14 heteroatoms. The smallest absolute Gasteiger partial charge is 0.187 e. The molecule has 0 spiro atoms. The SMILES string of the molecule is C[C@@H]1O[C@@H](O[C@H]2C(O)O[C@H](CO)[C@@H](O[C@@H]3O[C@@H](CO)[C@H](O)[C@H]3O)[C@@H]2O)[C@H](O)[C@H](O)[C@H]1O. The van der Waals surface area contributed by atoms with Crippen molar-refractivity contribution in [1.29, 1.82) is 0 Å². The van der Waals surface area contributed by atoms with Crippen LogP contribution >= 0.6 is 0 Å². The molecule has 3 rings (SSSR count). The van der Waals surface area contributed by atoms with Crippen LogP contribution in [-0.4, -0.2) is 145 Å². The largest absolute Gasteiger partial charge is 0.394 e. The molecular formula is C17H30O14. The Labute approximate surface area is 176 Å². The van der Waals surface area contributed by atoms with Crippen molar-refractivity contribution >= 4 is 0 Å². The summed E-state index contributed by atoms with van der Waals surface area (Å²) in [5.41, 5.74) is 0. The highest BCUT2D eigenvalue weighted by Crippen LogP contribution is 2.32. The fourth-order valence-corrected chi connectivity index (χ4v) is 3.79. The van der Waals surface area contributed by atoms with E-state index in [0.717, 1.165) is 0 Å². The summed E-state index contributed by atoms with van der Waals surface area (Å²) in [6, 6.07) is 0. The Balaban J connectivity index is 1.72. The van der Waals surface area contributed by atoms with Gasteiger partial charge >= 0.3 is 0 Å². The minimum atomic E-state index is -1.81. The monoisotopic (exact) mass is 458 g/mol. The zero-order chi connectivity index (χ0) is 23.0. The lowest BCUT2D eigenvalue weighted by molar-refractivity contribution is -0.369. The quantitative estimate of drug-likeness (QED) is 0.181. The van der Waals surface area contributed by atoms with Crippen LogP contribution in [0.1, 0.15) is 6.92 Å². The topological polar surface area (TPSA) is 228 Å². The number of aliphatic hydroxyl groups excluding tert-OH is 9. The van der Waals surface area contributed by atoms with E-state index in [0.29, 0.717) is 0 Å². The average Bonchev–Trinajstić information content (AvgIpc) is 3.02. The fraction of sp³-hybridized carbons (Fsp3) is 1.00. The third kappa shape index (κ3) is 4.87. The van der Waals surface area contributed by atoms with Crippen molar-refractivity contribution in [2.24, 2.45) is 0 Å². The van der Waals surface area contributed by atoms with E-state index in [-0.39, 0.29) is 0 Å². The third-order valence-electron chi connectivity index (χ3n) is 5.70. The minimum Gasteiger partial charge on any atom is -0.394 e. The van der Waals surface area contributed by atoms with Gasteiger partial charge in [0.2, 0.25) is 0 Å². The second kappa shape index (κ2) is 10.1. The van der Waals surface area contributed by atoms with Gasteiger partial charge in [0, 0.05) is 0 Å². The molecule has 3 heterocycles. The van der Waals surface area contributed by atoms with Crippen LogP contribution in [0.3, 0.4) is 0 Å². The molecule has 0 aliphatic carbocycles. The molecule has 3 aliphatic rings. The predicted octanol–water partition coefficient (Wildman–Crippen LogP) is -5.91. The maximum Gasteiger partial charge on any atom is 0.187 e. The van der Waals surface area contributed by atoms with E-state index in [9.17, 15) is 46.0 Å². The maximum absolute atomic E-state index is 10.7. The normalized spacial score (nSPS) is 53.6. The van der Waals surface area contributed by atoms with E-state index >= 15 is 0 Å². The Morgan fingerprint density at radius 2 is 1.13 bits per heavy atom. The standard InChI is InChI=1S/C17H30O14/c1-4-7(20)9(22)11(24)16(27-4)31-14-12(25)13(6(3-19)28-15(14)26)30-17-10(23)8(21)5(2-18)29-17/h4-26H,2-3H2,1H3/t4-,5-,6+,7-,8-,9+,10+,11+,12-,13+,14+,15?,16-,17-/m0/s1. The van der Waals surface area contributed by atoms with E-state index < -0.39 is 99.2 Å². The van der Waals surface area contributed by atoms with Crippen molar-refractivity contribution in [2.45, 2.75) is 92.9 Å². The molecule has 14 atom stereocenters. The first-order valence-electron chi connectivity index (χ1n) is 9.86. The highest BCUT2D eigenvalue weighted by atomic mass is 16.8. The lowest BCUT2D eigenvalue weighted by Crippen LogP contribution is -2.64. The zero-order valence-electron chi connectivity index (χ0n) is 16.6. The third-order valence-corrected chi connectivity index (χ3v) is 5.70. The van der Waals surface area contributed by atoms with Gasteiger partial charge in [0.1, 0.15) is 61.0 Å². The fourth-order valence-electron chi connectivity index (χ4n) is 3.79. The molecule has 0 saturated carbocycles. The van der Waals surface area contributed by atoms with Gasteiger partial charge in [-0.1, -0.05) is 0 Å². The Hall–Kier alpha value is -0.560. The number of rotatable bonds is 6. The van der Waals surface area contributed by atoms with Crippen LogP contribution in [0.4, 0.5) is 0 Å². The van der Waals surface area contributed by atoms with Crippen LogP contribution in [0, 0.1) is 0 Å². The van der Waals surface area contributed by atoms with Gasteiger partial charge in [0.05, 0.1) is 19.3 Å². The Bertz CT molecular complexity index is 581. The highest BCUT2D eigenvalue weighted by molar-refractivity contribution is 4.95. The van der Waals surface area contributed by atoms with Crippen LogP contribution < -0.4 is 0 Å². The average molecular weight is 458 g/mol. The molecule has 0 aromatic heterocycles. The molecule has 182 valence electrons. The second-order valence-electron chi connectivity index (χ2n) is 7.83. The molecule has 3 saturated heterocycles. The highest BCUT2D eigenvalue weighted by Gasteiger charge is 2.53. The first kappa shape index (κ1) is 25.1. The van der Waals surface area contributed by atoms with Gasteiger partial charge in [-0.3, -0.25) is 0 Å². The lowest BCUT2D eigenvalue weighted by atomic mass is 9.97. The predicted molar refractivity (Wildman–Crippen MR) is 93.8 cm³/mol. The van der Waals surface area contributed by atoms with Crippen LogP contribution in [0.5, 0.6) is 0 Å². The van der Waals surface area contributed by atoms with Crippen molar-refractivity contribution < 1.29 is 69.6 Å². The molecule has 0 aromatic carbocycles. The number of hydrogen-bond acceptors (Lipinski definition) is 14. The Kier molecular flexibility index (Phi) is 8.21. The van der Waals surface area contributed by atoms with E-state index in [2.05, 4.69) is 0 Å². The van der Waals surface area contributed by atoms with Crippen LogP contribution in [0.25, 0.3) is 0 Å². The van der Waals surface area contributed by atoms with Crippen LogP contribution in [0.2, 0.25) is 0 Å². The van der Waals surface area contributed by atoms with E-state index in [1.54, 1.807) is 0 Å². The molecule has 0 amide bonds. The van der Waals surface area contributed by atoms with Gasteiger partial charge < -0.3 is 69.6 Å². The van der Waals surface area contributed by atoms with Crippen molar-refractivity contribution in [3.63, 3.8) is 0 Å². The Morgan fingerprint density at radius 3 is 1.71 bits per heavy atom. The number of aliphatic hydroxyl groups is 9. The van der Waals surface area contributed by atoms with Crippen molar-refractivity contribution in [3.8, 4) is 0 Å². The van der Waals surface area contributed by atoms with E-state index in [1.165, 1.54) is 6.92 Å². The van der Waals surface area contributed by atoms with Crippen LogP contribution in [-0.2, 0) is 23.7 Å². The summed E-state index contributed by atoms with van der Waals surface area (Å²) in [5.74, 6) is 0. The summed E-state index contributed by atoms with van der Waals surface area (Å²) in [7, 11) is 0. The van der Waals surface area contributed by atoms with Gasteiger partial charge in [-0.05, 0) is 6.92 Å². The summed E-state index contributed by atoms with van der Waals surface area (Å²) in [6.45, 7) is 0.0829. The summed E-state index contributed by atoms with van der Waals surface area (Å²) in [4.78, 5) is 0. The molecule has 3 aliphatic heterocycles. The molecular weight excluding hydrogens is 428 g/mol. The molecule has 0 aromatic rings. The molecule has 0 radical (unpaired) electrons. The maximum atomic E-state index is 10.7. The molecule has 0 bridgehead atoms. The minimum absolute atomic E-state index is 0.612. The number of hydrogen-bond donors (Lipinski definition) is 9. The summed E-state index contributed by atoms with van der Waals surface area (Å²) >= 11 is 0. The van der Waals surface area contributed by atoms with Crippen molar-refractivity contribution in [3.05, 3.63) is 0 Å². The lowest BCUT2D eigenvalue weighted by Gasteiger charge is -2.46. The van der Waals surface area contributed by atoms with Gasteiger partial charge in [-0.2, -0.15) is 0 Å². The first-order valence-corrected chi connectivity index (χ1v) is 9.86. The summed E-state index contributed by atoms with van der Waals surface area (Å²) in [6.07, 6.45) is -20.8. The first-order chi connectivity index (χ1) is 14.6.